The van der Waals surface area contributed by atoms with Gasteiger partial charge >= 0.3 is 0 Å². The molecule has 1 heterocycles. The van der Waals surface area contributed by atoms with Gasteiger partial charge in [-0.05, 0) is 69.0 Å². The number of nitrogens with one attached hydrogen (secondary N) is 2. The molecule has 0 saturated heterocycles. The minimum atomic E-state index is -3.78. The molecular weight excluding hydrogens is 520 g/mol. The molecular formula is C27H38ClF2N3O3S. The maximum atomic E-state index is 14.5. The Morgan fingerprint density at radius 1 is 1.22 bits per heavy atom. The Morgan fingerprint density at radius 3 is 2.32 bits per heavy atom. The number of rotatable bonds is 10. The van der Waals surface area contributed by atoms with Crippen LogP contribution in [0.5, 0.6) is 0 Å². The number of halogens is 3. The molecule has 1 aliphatic carbocycles. The van der Waals surface area contributed by atoms with E-state index in [4.69, 9.17) is 17.0 Å². The van der Waals surface area contributed by atoms with Crippen LogP contribution in [-0.2, 0) is 20.3 Å². The zero-order valence-corrected chi connectivity index (χ0v) is 24.0. The van der Waals surface area contributed by atoms with Gasteiger partial charge in [-0.3, -0.25) is 4.98 Å². The number of hydrogen-bond donors (Lipinski definition) is 2. The van der Waals surface area contributed by atoms with Crippen LogP contribution in [0.1, 0.15) is 65.1 Å². The summed E-state index contributed by atoms with van der Waals surface area (Å²) in [6.07, 6.45) is 3.78. The van der Waals surface area contributed by atoms with Crippen LogP contribution in [0.15, 0.2) is 42.1 Å². The van der Waals surface area contributed by atoms with Gasteiger partial charge < -0.3 is 15.5 Å². The molecule has 1 aromatic heterocycles. The lowest BCUT2D eigenvalue weighted by Gasteiger charge is -2.25. The third kappa shape index (κ3) is 9.47. The third-order valence-electron chi connectivity index (χ3n) is 5.64. The van der Waals surface area contributed by atoms with Gasteiger partial charge in [-0.1, -0.05) is 32.4 Å². The second-order valence-corrected chi connectivity index (χ2v) is 11.5. The Bertz CT molecular complexity index is 1160. The highest BCUT2D eigenvalue weighted by atomic mass is 35.5. The molecule has 1 saturated carbocycles. The molecule has 2 N–H and O–H groups in total. The van der Waals surface area contributed by atoms with Crippen LogP contribution in [-0.4, -0.2) is 44.3 Å². The summed E-state index contributed by atoms with van der Waals surface area (Å²) in [5.74, 6) is -1.07. The number of pyridine rings is 1. The predicted molar refractivity (Wildman–Crippen MR) is 149 cm³/mol. The summed E-state index contributed by atoms with van der Waals surface area (Å²) in [6.45, 7) is 8.57. The molecule has 0 amide bonds. The fraction of sp³-hybridized carbons (Fsp3) is 0.481. The topological polar surface area (TPSA) is 92.1 Å². The molecule has 1 aromatic carbocycles. The number of methoxy groups -OCH3 is 1. The SMILES string of the molecule is CC.CCC(=N)C(C)(C)S(=O)(=O)Cc1cc(NC(=C2CC2)c2ccc(Cl)cn2)ccc1F.COCCF. The smallest absolute Gasteiger partial charge is 0.165 e. The first-order chi connectivity index (χ1) is 17.5. The van der Waals surface area contributed by atoms with Gasteiger partial charge in [0.15, 0.2) is 9.84 Å². The molecule has 0 radical (unpaired) electrons. The Hall–Kier alpha value is -2.36. The van der Waals surface area contributed by atoms with E-state index in [1.54, 1.807) is 25.3 Å². The predicted octanol–water partition coefficient (Wildman–Crippen LogP) is 7.24. The van der Waals surface area contributed by atoms with Gasteiger partial charge in [-0.15, -0.1) is 0 Å². The number of aromatic nitrogens is 1. The zero-order valence-electron chi connectivity index (χ0n) is 22.4. The van der Waals surface area contributed by atoms with Crippen molar-refractivity contribution in [2.75, 3.05) is 25.7 Å². The second-order valence-electron chi connectivity index (χ2n) is 8.55. The van der Waals surface area contributed by atoms with Gasteiger partial charge in [0, 0.05) is 30.3 Å². The van der Waals surface area contributed by atoms with Crippen LogP contribution in [0.25, 0.3) is 5.70 Å². The molecule has 2 aromatic rings. The van der Waals surface area contributed by atoms with Crippen molar-refractivity contribution in [3.63, 3.8) is 0 Å². The van der Waals surface area contributed by atoms with Crippen molar-refractivity contribution in [2.45, 2.75) is 64.4 Å². The number of ether oxygens (including phenoxy) is 1. The highest BCUT2D eigenvalue weighted by molar-refractivity contribution is 7.92. The van der Waals surface area contributed by atoms with E-state index in [0.717, 1.165) is 24.2 Å². The van der Waals surface area contributed by atoms with Gasteiger partial charge in [-0.2, -0.15) is 0 Å². The third-order valence-corrected chi connectivity index (χ3v) is 8.35. The largest absolute Gasteiger partial charge is 0.382 e. The minimum Gasteiger partial charge on any atom is -0.382 e. The molecule has 0 unspecified atom stereocenters. The molecule has 6 nitrogen and oxygen atoms in total. The average molecular weight is 558 g/mol. The van der Waals surface area contributed by atoms with E-state index in [9.17, 15) is 17.2 Å². The van der Waals surface area contributed by atoms with Crippen LogP contribution in [0.4, 0.5) is 14.5 Å². The van der Waals surface area contributed by atoms with Gasteiger partial charge in [0.25, 0.3) is 0 Å². The summed E-state index contributed by atoms with van der Waals surface area (Å²) in [5, 5.41) is 11.8. The fourth-order valence-corrected chi connectivity index (χ4v) is 4.78. The quantitative estimate of drug-likeness (QED) is 0.300. The lowest BCUT2D eigenvalue weighted by Crippen LogP contribution is -2.40. The standard InChI is InChI=1S/C22H25ClFN3O2S.C3H7FO.C2H6/c1-4-20(25)22(2,3)30(28,29)13-15-11-17(8-9-18(15)24)27-21(14-5-6-14)19-10-7-16(23)12-26-19;1-5-3-2-4;1-2/h7-12,25,27H,4-6,13H2,1-3H3;2-3H2,1H3;1-2H3. The maximum absolute atomic E-state index is 14.5. The van der Waals surface area contributed by atoms with Crippen molar-refractivity contribution < 1.29 is 21.9 Å². The first-order valence-electron chi connectivity index (χ1n) is 12.2. The molecule has 0 spiro atoms. The average Bonchev–Trinajstić information content (AvgIpc) is 3.72. The van der Waals surface area contributed by atoms with Crippen LogP contribution in [0, 0.1) is 11.2 Å². The lowest BCUT2D eigenvalue weighted by atomic mass is 10.1. The molecule has 0 bridgehead atoms. The first kappa shape index (κ1) is 32.7. The van der Waals surface area contributed by atoms with Gasteiger partial charge in [-0.25, -0.2) is 17.2 Å². The summed E-state index contributed by atoms with van der Waals surface area (Å²) in [7, 11) is -2.31. The van der Waals surface area contributed by atoms with Crippen molar-refractivity contribution in [2.24, 2.45) is 0 Å². The Balaban J connectivity index is 0.000000874. The number of hydrogen-bond acceptors (Lipinski definition) is 6. The first-order valence-corrected chi connectivity index (χ1v) is 14.2. The molecule has 0 aliphatic heterocycles. The van der Waals surface area contributed by atoms with E-state index < -0.39 is 26.2 Å². The summed E-state index contributed by atoms with van der Waals surface area (Å²) in [4.78, 5) is 4.35. The monoisotopic (exact) mass is 557 g/mol. The number of anilines is 1. The highest BCUT2D eigenvalue weighted by Crippen LogP contribution is 2.37. The number of sulfone groups is 1. The van der Waals surface area contributed by atoms with E-state index in [2.05, 4.69) is 15.0 Å². The van der Waals surface area contributed by atoms with Crippen molar-refractivity contribution in [3.05, 3.63) is 64.2 Å². The fourth-order valence-electron chi connectivity index (χ4n) is 3.15. The molecule has 1 aliphatic rings. The highest BCUT2D eigenvalue weighted by Gasteiger charge is 2.38. The van der Waals surface area contributed by atoms with Crippen LogP contribution >= 0.6 is 11.6 Å². The number of nitrogens with zero attached hydrogens (tertiary/aromatic N) is 1. The van der Waals surface area contributed by atoms with Crippen LogP contribution in [0.2, 0.25) is 5.02 Å². The molecule has 10 heteroatoms. The number of allylic oxidation sites excluding steroid dienone is 1. The van der Waals surface area contributed by atoms with Crippen LogP contribution in [0.3, 0.4) is 0 Å². The van der Waals surface area contributed by atoms with Crippen molar-refractivity contribution >= 4 is 38.5 Å². The lowest BCUT2D eigenvalue weighted by molar-refractivity contribution is 0.175. The van der Waals surface area contributed by atoms with E-state index >= 15 is 0 Å². The Kier molecular flexibility index (Phi) is 13.4. The van der Waals surface area contributed by atoms with E-state index in [-0.39, 0.29) is 24.6 Å². The summed E-state index contributed by atoms with van der Waals surface area (Å²) in [5.41, 5.74) is 3.51. The van der Waals surface area contributed by atoms with E-state index in [0.29, 0.717) is 17.1 Å². The molecule has 37 heavy (non-hydrogen) atoms. The maximum Gasteiger partial charge on any atom is 0.165 e. The Labute approximate surface area is 224 Å². The van der Waals surface area contributed by atoms with Crippen molar-refractivity contribution in [1.29, 1.82) is 5.41 Å². The minimum absolute atomic E-state index is 0.0705. The normalized spacial score (nSPS) is 12.5. The molecule has 1 fully saturated rings. The van der Waals surface area contributed by atoms with Crippen LogP contribution < -0.4 is 5.32 Å². The molecule has 206 valence electrons. The summed E-state index contributed by atoms with van der Waals surface area (Å²) in [6, 6.07) is 7.91. The second kappa shape index (κ2) is 15.1. The van der Waals surface area contributed by atoms with Crippen molar-refractivity contribution in [1.82, 2.24) is 4.98 Å². The number of alkyl halides is 1. The number of benzene rings is 1. The van der Waals surface area contributed by atoms with Gasteiger partial charge in [0.1, 0.15) is 17.2 Å². The summed E-state index contributed by atoms with van der Waals surface area (Å²) < 4.78 is 54.1. The summed E-state index contributed by atoms with van der Waals surface area (Å²) >= 11 is 5.93. The van der Waals surface area contributed by atoms with E-state index in [1.165, 1.54) is 38.7 Å². The molecule has 0 atom stereocenters. The Morgan fingerprint density at radius 2 is 1.86 bits per heavy atom. The van der Waals surface area contributed by atoms with Gasteiger partial charge in [0.2, 0.25) is 0 Å². The molecule has 3 rings (SSSR count). The van der Waals surface area contributed by atoms with E-state index in [1.807, 2.05) is 19.9 Å². The van der Waals surface area contributed by atoms with Crippen molar-refractivity contribution in [3.8, 4) is 0 Å². The van der Waals surface area contributed by atoms with Gasteiger partial charge in [0.05, 0.1) is 28.8 Å². The zero-order chi connectivity index (χ0) is 28.2.